The molecule has 1 unspecified atom stereocenters. The van der Waals surface area contributed by atoms with Crippen LogP contribution in [0.3, 0.4) is 0 Å². The molecule has 106 valence electrons. The van der Waals surface area contributed by atoms with Crippen molar-refractivity contribution in [1.82, 2.24) is 14.5 Å². The second kappa shape index (κ2) is 5.67. The Morgan fingerprint density at radius 1 is 1.24 bits per heavy atom. The van der Waals surface area contributed by atoms with Gasteiger partial charge in [0.1, 0.15) is 0 Å². The van der Waals surface area contributed by atoms with Gasteiger partial charge in [0.25, 0.3) is 0 Å². The van der Waals surface area contributed by atoms with E-state index >= 15 is 0 Å². The number of nitrogens with zero attached hydrogens (tertiary/aromatic N) is 3. The third-order valence-corrected chi connectivity index (χ3v) is 4.29. The Hall–Kier alpha value is -2.18. The fourth-order valence-corrected chi connectivity index (χ4v) is 3.34. The van der Waals surface area contributed by atoms with Crippen molar-refractivity contribution in [2.75, 3.05) is 0 Å². The number of hydrogen-bond acceptors (Lipinski definition) is 4. The van der Waals surface area contributed by atoms with E-state index in [9.17, 15) is 9.35 Å². The topological polar surface area (TPSA) is 70.8 Å². The molecule has 3 aromatic rings. The van der Waals surface area contributed by atoms with Gasteiger partial charge < -0.3 is 4.55 Å². The van der Waals surface area contributed by atoms with Gasteiger partial charge in [-0.2, -0.15) is 4.98 Å². The van der Waals surface area contributed by atoms with Crippen LogP contribution in [0.25, 0.3) is 11.0 Å². The maximum absolute atomic E-state index is 12.5. The number of hydrogen-bond donors (Lipinski definition) is 0. The molecule has 0 aliphatic rings. The average Bonchev–Trinajstić information content (AvgIpc) is 2.88. The normalized spacial score (nSPS) is 12.5. The number of fused-ring (bicyclic) bond motifs is 1. The number of pyridine rings is 1. The van der Waals surface area contributed by atoms with Crippen LogP contribution in [0.5, 0.6) is 0 Å². The lowest BCUT2D eigenvalue weighted by Crippen LogP contribution is -2.17. The quantitative estimate of drug-likeness (QED) is 0.696. The second-order valence-corrected chi connectivity index (χ2v) is 5.89. The summed E-state index contributed by atoms with van der Waals surface area (Å²) in [5, 5.41) is 0.273. The molecule has 5 nitrogen and oxygen atoms in total. The Kier molecular flexibility index (Phi) is 3.72. The summed E-state index contributed by atoms with van der Waals surface area (Å²) >= 11 is -1.43. The molecule has 0 saturated carbocycles. The Morgan fingerprint density at radius 3 is 2.71 bits per heavy atom. The molecule has 0 aliphatic heterocycles. The molecule has 2 aromatic heterocycles. The van der Waals surface area contributed by atoms with E-state index in [1.807, 2.05) is 18.2 Å². The Balaban J connectivity index is 2.03. The fraction of sp³-hybridized carbons (Fsp3) is 0.133. The van der Waals surface area contributed by atoms with Gasteiger partial charge in [-0.3, -0.25) is 9.78 Å². The molecule has 6 heteroatoms. The zero-order chi connectivity index (χ0) is 14.8. The number of imidazole rings is 1. The summed E-state index contributed by atoms with van der Waals surface area (Å²) in [5.74, 6) is 0.0327. The summed E-state index contributed by atoms with van der Waals surface area (Å²) in [6.45, 7) is 1.44. The minimum Gasteiger partial charge on any atom is -0.609 e. The van der Waals surface area contributed by atoms with Crippen LogP contribution in [0.4, 0.5) is 0 Å². The van der Waals surface area contributed by atoms with Crippen LogP contribution in [0.15, 0.2) is 53.8 Å². The number of rotatable bonds is 3. The Labute approximate surface area is 124 Å². The molecule has 1 aromatic carbocycles. The van der Waals surface area contributed by atoms with E-state index in [0.717, 1.165) is 0 Å². The van der Waals surface area contributed by atoms with E-state index in [-0.39, 0.29) is 16.8 Å². The van der Waals surface area contributed by atoms with E-state index in [2.05, 4.69) is 9.97 Å². The minimum absolute atomic E-state index is 0.201. The molecule has 0 aliphatic carbocycles. The summed E-state index contributed by atoms with van der Waals surface area (Å²) in [5.41, 5.74) is 2.05. The predicted octanol–water partition coefficient (Wildman–Crippen LogP) is 2.40. The van der Waals surface area contributed by atoms with E-state index in [1.165, 1.54) is 11.5 Å². The molecule has 0 spiro atoms. The Morgan fingerprint density at radius 2 is 2.00 bits per heavy atom. The van der Waals surface area contributed by atoms with E-state index in [0.29, 0.717) is 16.7 Å². The van der Waals surface area contributed by atoms with Crippen molar-refractivity contribution in [2.24, 2.45) is 0 Å². The monoisotopic (exact) mass is 299 g/mol. The summed E-state index contributed by atoms with van der Waals surface area (Å²) < 4.78 is 14.0. The molecule has 2 heterocycles. The number of para-hydroxylation sites is 2. The van der Waals surface area contributed by atoms with Crippen molar-refractivity contribution >= 4 is 28.1 Å². The largest absolute Gasteiger partial charge is 0.609 e. The highest BCUT2D eigenvalue weighted by Crippen LogP contribution is 2.21. The molecule has 0 amide bonds. The van der Waals surface area contributed by atoms with Gasteiger partial charge in [-0.05, 0) is 24.3 Å². The fourth-order valence-electron chi connectivity index (χ4n) is 2.14. The summed E-state index contributed by atoms with van der Waals surface area (Å²) in [7, 11) is 0. The van der Waals surface area contributed by atoms with Gasteiger partial charge in [0.05, 0.1) is 16.7 Å². The highest BCUT2D eigenvalue weighted by atomic mass is 32.2. The van der Waals surface area contributed by atoms with Crippen molar-refractivity contribution in [3.8, 4) is 0 Å². The molecule has 1 atom stereocenters. The molecular weight excluding hydrogens is 286 g/mol. The van der Waals surface area contributed by atoms with Gasteiger partial charge >= 0.3 is 5.16 Å². The van der Waals surface area contributed by atoms with Crippen molar-refractivity contribution < 1.29 is 9.35 Å². The smallest absolute Gasteiger partial charge is 0.331 e. The molecule has 0 fully saturated rings. The number of carbonyl (C=O) groups is 1. The van der Waals surface area contributed by atoms with Gasteiger partial charge in [0, 0.05) is 24.3 Å². The van der Waals surface area contributed by atoms with Gasteiger partial charge in [-0.15, -0.1) is 0 Å². The third-order valence-electron chi connectivity index (χ3n) is 3.05. The van der Waals surface area contributed by atoms with Crippen LogP contribution in [-0.4, -0.2) is 25.0 Å². The van der Waals surface area contributed by atoms with Crippen molar-refractivity contribution in [1.29, 1.82) is 0 Å². The predicted molar refractivity (Wildman–Crippen MR) is 80.4 cm³/mol. The summed E-state index contributed by atoms with van der Waals surface area (Å²) in [6, 6.07) is 12.7. The molecule has 3 rings (SSSR count). The van der Waals surface area contributed by atoms with Crippen molar-refractivity contribution in [2.45, 2.75) is 17.8 Å². The number of carbonyl (C=O) groups excluding carboxylic acids is 1. The first kappa shape index (κ1) is 13.8. The standard InChI is InChI=1S/C15H13N3O2S/c1-11(19)18-14-8-3-2-7-13(14)17-15(18)21(20)10-12-6-4-5-9-16-12/h2-9H,10H2,1H3. The van der Waals surface area contributed by atoms with Crippen LogP contribution in [0.1, 0.15) is 17.4 Å². The van der Waals surface area contributed by atoms with Gasteiger partial charge in [0.15, 0.2) is 5.75 Å². The zero-order valence-electron chi connectivity index (χ0n) is 11.4. The maximum Gasteiger partial charge on any atom is 0.331 e. The highest BCUT2D eigenvalue weighted by Gasteiger charge is 2.24. The van der Waals surface area contributed by atoms with Crippen molar-refractivity contribution in [3.63, 3.8) is 0 Å². The SMILES string of the molecule is CC(=O)n1c([S+]([O-])Cc2ccccn2)nc2ccccc21. The van der Waals surface area contributed by atoms with Gasteiger partial charge in [-0.25, -0.2) is 4.57 Å². The number of aromatic nitrogens is 3. The first-order valence-electron chi connectivity index (χ1n) is 6.43. The first-order chi connectivity index (χ1) is 10.2. The Bertz CT molecular complexity index is 786. The summed E-state index contributed by atoms with van der Waals surface area (Å²) in [6.07, 6.45) is 1.65. The number of benzene rings is 1. The van der Waals surface area contributed by atoms with Crippen molar-refractivity contribution in [3.05, 3.63) is 54.4 Å². The van der Waals surface area contributed by atoms with Crippen LogP contribution < -0.4 is 0 Å². The lowest BCUT2D eigenvalue weighted by Gasteiger charge is -2.09. The second-order valence-electron chi connectivity index (χ2n) is 4.55. The first-order valence-corrected chi connectivity index (χ1v) is 7.75. The van der Waals surface area contributed by atoms with Crippen LogP contribution in [0.2, 0.25) is 0 Å². The molecule has 21 heavy (non-hydrogen) atoms. The average molecular weight is 299 g/mol. The van der Waals surface area contributed by atoms with E-state index < -0.39 is 11.2 Å². The zero-order valence-corrected chi connectivity index (χ0v) is 12.2. The maximum atomic E-state index is 12.5. The van der Waals surface area contributed by atoms with Crippen LogP contribution >= 0.6 is 0 Å². The highest BCUT2D eigenvalue weighted by molar-refractivity contribution is 7.90. The van der Waals surface area contributed by atoms with Gasteiger partial charge in [-0.1, -0.05) is 18.2 Å². The van der Waals surface area contributed by atoms with E-state index in [4.69, 9.17) is 0 Å². The minimum atomic E-state index is -1.43. The molecule has 0 bridgehead atoms. The molecule has 0 N–H and O–H groups in total. The third kappa shape index (κ3) is 2.68. The molecule has 0 saturated heterocycles. The molecular formula is C15H13N3O2S. The molecule has 0 radical (unpaired) electrons. The lowest BCUT2D eigenvalue weighted by molar-refractivity contribution is 0.0930. The van der Waals surface area contributed by atoms with Crippen LogP contribution in [0, 0.1) is 0 Å². The van der Waals surface area contributed by atoms with Crippen LogP contribution in [-0.2, 0) is 16.9 Å². The summed E-state index contributed by atoms with van der Waals surface area (Å²) in [4.78, 5) is 20.4. The van der Waals surface area contributed by atoms with E-state index in [1.54, 1.807) is 30.5 Å². The van der Waals surface area contributed by atoms with Gasteiger partial charge in [0.2, 0.25) is 5.91 Å². The lowest BCUT2D eigenvalue weighted by atomic mass is 10.3.